The Morgan fingerprint density at radius 3 is 2.78 bits per heavy atom. The lowest BCUT2D eigenvalue weighted by molar-refractivity contribution is -0.115. The zero-order valence-electron chi connectivity index (χ0n) is 11.0. The minimum absolute atomic E-state index is 0.0687. The van der Waals surface area contributed by atoms with Gasteiger partial charge < -0.3 is 10.6 Å². The average Bonchev–Trinajstić information content (AvgIpc) is 2.42. The second kappa shape index (κ2) is 6.55. The molecule has 1 aromatic rings. The Kier molecular flexibility index (Phi) is 4.76. The largest absolute Gasteiger partial charge is 0.326 e. The van der Waals surface area contributed by atoms with E-state index in [1.54, 1.807) is 0 Å². The maximum absolute atomic E-state index is 11.3. The van der Waals surface area contributed by atoms with Gasteiger partial charge in [-0.05, 0) is 56.0 Å². The lowest BCUT2D eigenvalue weighted by Crippen LogP contribution is -2.30. The van der Waals surface area contributed by atoms with E-state index < -0.39 is 0 Å². The predicted molar refractivity (Wildman–Crippen MR) is 74.7 cm³/mol. The van der Waals surface area contributed by atoms with E-state index in [2.05, 4.69) is 22.8 Å². The fourth-order valence-electron chi connectivity index (χ4n) is 2.41. The number of amides is 1. The van der Waals surface area contributed by atoms with Crippen molar-refractivity contribution in [1.82, 2.24) is 5.32 Å². The fraction of sp³-hybridized carbons (Fsp3) is 0.533. The average molecular weight is 246 g/mol. The molecular weight excluding hydrogens is 224 g/mol. The molecule has 0 spiro atoms. The Bertz CT molecular complexity index is 380. The Hall–Kier alpha value is -1.35. The molecule has 1 aliphatic rings. The monoisotopic (exact) mass is 246 g/mol. The minimum atomic E-state index is 0.0687. The summed E-state index contributed by atoms with van der Waals surface area (Å²) in [7, 11) is 0. The van der Waals surface area contributed by atoms with Crippen molar-refractivity contribution in [3.05, 3.63) is 29.8 Å². The Labute approximate surface area is 109 Å². The minimum Gasteiger partial charge on any atom is -0.326 e. The first-order valence-electron chi connectivity index (χ1n) is 6.87. The predicted octanol–water partition coefficient (Wildman–Crippen LogP) is 2.58. The van der Waals surface area contributed by atoms with Gasteiger partial charge in [-0.1, -0.05) is 19.1 Å². The molecule has 0 aliphatic carbocycles. The summed E-state index contributed by atoms with van der Waals surface area (Å²) in [6.45, 7) is 4.16. The van der Waals surface area contributed by atoms with E-state index in [0.29, 0.717) is 6.42 Å². The molecule has 0 radical (unpaired) electrons. The van der Waals surface area contributed by atoms with Gasteiger partial charge in [-0.25, -0.2) is 0 Å². The molecule has 1 aromatic carbocycles. The van der Waals surface area contributed by atoms with Crippen molar-refractivity contribution in [2.24, 2.45) is 5.92 Å². The fourth-order valence-corrected chi connectivity index (χ4v) is 2.41. The van der Waals surface area contributed by atoms with Crippen LogP contribution in [0.15, 0.2) is 24.3 Å². The topological polar surface area (TPSA) is 41.1 Å². The number of benzene rings is 1. The van der Waals surface area contributed by atoms with E-state index in [1.165, 1.54) is 24.9 Å². The molecule has 98 valence electrons. The second-order valence-corrected chi connectivity index (χ2v) is 5.02. The van der Waals surface area contributed by atoms with E-state index >= 15 is 0 Å². The molecule has 1 amide bonds. The highest BCUT2D eigenvalue weighted by atomic mass is 16.1. The van der Waals surface area contributed by atoms with Crippen molar-refractivity contribution in [2.45, 2.75) is 32.6 Å². The van der Waals surface area contributed by atoms with Crippen molar-refractivity contribution in [3.8, 4) is 0 Å². The molecule has 18 heavy (non-hydrogen) atoms. The van der Waals surface area contributed by atoms with E-state index in [0.717, 1.165) is 24.6 Å². The highest BCUT2D eigenvalue weighted by Crippen LogP contribution is 2.18. The zero-order chi connectivity index (χ0) is 12.8. The number of hydrogen-bond acceptors (Lipinski definition) is 2. The number of carbonyl (C=O) groups excluding carboxylic acids is 1. The summed E-state index contributed by atoms with van der Waals surface area (Å²) in [5, 5.41) is 6.31. The Morgan fingerprint density at radius 2 is 2.17 bits per heavy atom. The first-order valence-corrected chi connectivity index (χ1v) is 6.87. The third-order valence-corrected chi connectivity index (χ3v) is 3.48. The van der Waals surface area contributed by atoms with Crippen LogP contribution in [-0.4, -0.2) is 19.0 Å². The smallest absolute Gasteiger partial charge is 0.224 e. The van der Waals surface area contributed by atoms with Crippen molar-refractivity contribution in [3.63, 3.8) is 0 Å². The van der Waals surface area contributed by atoms with Crippen LogP contribution in [0.5, 0.6) is 0 Å². The highest BCUT2D eigenvalue weighted by Gasteiger charge is 2.13. The lowest BCUT2D eigenvalue weighted by atomic mass is 9.92. The van der Waals surface area contributed by atoms with Gasteiger partial charge in [-0.2, -0.15) is 0 Å². The number of carbonyl (C=O) groups is 1. The van der Waals surface area contributed by atoms with Crippen LogP contribution in [0.3, 0.4) is 0 Å². The van der Waals surface area contributed by atoms with Crippen LogP contribution < -0.4 is 10.6 Å². The summed E-state index contributed by atoms with van der Waals surface area (Å²) in [5.41, 5.74) is 2.26. The number of piperidine rings is 1. The molecule has 1 aliphatic heterocycles. The van der Waals surface area contributed by atoms with Crippen LogP contribution in [0.2, 0.25) is 0 Å². The van der Waals surface area contributed by atoms with Crippen LogP contribution in [0, 0.1) is 5.92 Å². The number of anilines is 1. The SMILES string of the molecule is CCC(=O)Nc1ccc(CC2CCCNC2)cc1. The number of hydrogen-bond donors (Lipinski definition) is 2. The summed E-state index contributed by atoms with van der Waals surface area (Å²) in [4.78, 5) is 11.3. The Morgan fingerprint density at radius 1 is 1.39 bits per heavy atom. The summed E-state index contributed by atoms with van der Waals surface area (Å²) >= 11 is 0. The molecule has 3 nitrogen and oxygen atoms in total. The van der Waals surface area contributed by atoms with Crippen LogP contribution in [0.25, 0.3) is 0 Å². The second-order valence-electron chi connectivity index (χ2n) is 5.02. The van der Waals surface area contributed by atoms with E-state index in [4.69, 9.17) is 0 Å². The van der Waals surface area contributed by atoms with Crippen molar-refractivity contribution in [1.29, 1.82) is 0 Å². The molecular formula is C15H22N2O. The molecule has 2 N–H and O–H groups in total. The van der Waals surface area contributed by atoms with Gasteiger partial charge in [0.05, 0.1) is 0 Å². The van der Waals surface area contributed by atoms with Gasteiger partial charge in [0, 0.05) is 12.1 Å². The zero-order valence-corrected chi connectivity index (χ0v) is 11.0. The van der Waals surface area contributed by atoms with Crippen LogP contribution >= 0.6 is 0 Å². The summed E-state index contributed by atoms with van der Waals surface area (Å²) in [6.07, 6.45) is 4.27. The van der Waals surface area contributed by atoms with Gasteiger partial charge in [0.15, 0.2) is 0 Å². The van der Waals surface area contributed by atoms with E-state index in [1.807, 2.05) is 19.1 Å². The van der Waals surface area contributed by atoms with Gasteiger partial charge >= 0.3 is 0 Å². The Balaban J connectivity index is 1.88. The first-order chi connectivity index (χ1) is 8.78. The molecule has 1 heterocycles. The maximum atomic E-state index is 11.3. The number of nitrogens with one attached hydrogen (secondary N) is 2. The molecule has 1 saturated heterocycles. The quantitative estimate of drug-likeness (QED) is 0.857. The van der Waals surface area contributed by atoms with Crippen LogP contribution in [0.1, 0.15) is 31.7 Å². The summed E-state index contributed by atoms with van der Waals surface area (Å²) in [5.74, 6) is 0.828. The molecule has 1 atom stereocenters. The van der Waals surface area contributed by atoms with Crippen molar-refractivity contribution < 1.29 is 4.79 Å². The van der Waals surface area contributed by atoms with Gasteiger partial charge in [0.25, 0.3) is 0 Å². The van der Waals surface area contributed by atoms with Gasteiger partial charge in [-0.15, -0.1) is 0 Å². The van der Waals surface area contributed by atoms with Crippen LogP contribution in [0.4, 0.5) is 5.69 Å². The van der Waals surface area contributed by atoms with Gasteiger partial charge in [0.2, 0.25) is 5.91 Å². The third kappa shape index (κ3) is 3.84. The van der Waals surface area contributed by atoms with E-state index in [9.17, 15) is 4.79 Å². The molecule has 1 unspecified atom stereocenters. The van der Waals surface area contributed by atoms with Crippen molar-refractivity contribution >= 4 is 11.6 Å². The first kappa shape index (κ1) is 13.1. The third-order valence-electron chi connectivity index (χ3n) is 3.48. The highest BCUT2D eigenvalue weighted by molar-refractivity contribution is 5.90. The lowest BCUT2D eigenvalue weighted by Gasteiger charge is -2.22. The normalized spacial score (nSPS) is 19.5. The van der Waals surface area contributed by atoms with E-state index in [-0.39, 0.29) is 5.91 Å². The molecule has 3 heteroatoms. The van der Waals surface area contributed by atoms with Crippen molar-refractivity contribution in [2.75, 3.05) is 18.4 Å². The standard InChI is InChI=1S/C15H22N2O/c1-2-15(18)17-14-7-5-12(6-8-14)10-13-4-3-9-16-11-13/h5-8,13,16H,2-4,9-11H2,1H3,(H,17,18). The summed E-state index contributed by atoms with van der Waals surface area (Å²) < 4.78 is 0. The summed E-state index contributed by atoms with van der Waals surface area (Å²) in [6, 6.07) is 8.25. The molecule has 2 rings (SSSR count). The van der Waals surface area contributed by atoms with Gasteiger partial charge in [0.1, 0.15) is 0 Å². The molecule has 1 fully saturated rings. The maximum Gasteiger partial charge on any atom is 0.224 e. The van der Waals surface area contributed by atoms with Crippen LogP contribution in [-0.2, 0) is 11.2 Å². The molecule has 0 aromatic heterocycles. The van der Waals surface area contributed by atoms with Gasteiger partial charge in [-0.3, -0.25) is 4.79 Å². The number of rotatable bonds is 4. The molecule has 0 bridgehead atoms. The molecule has 0 saturated carbocycles.